The van der Waals surface area contributed by atoms with E-state index in [4.69, 9.17) is 0 Å². The highest BCUT2D eigenvalue weighted by Gasteiger charge is 2.23. The van der Waals surface area contributed by atoms with Crippen LogP contribution in [-0.4, -0.2) is 17.4 Å². The summed E-state index contributed by atoms with van der Waals surface area (Å²) >= 11 is 0. The summed E-state index contributed by atoms with van der Waals surface area (Å²) in [7, 11) is 0. The van der Waals surface area contributed by atoms with Gasteiger partial charge in [0, 0.05) is 30.1 Å². The smallest absolute Gasteiger partial charge is 0.220 e. The Morgan fingerprint density at radius 1 is 1.12 bits per heavy atom. The summed E-state index contributed by atoms with van der Waals surface area (Å²) in [5.41, 5.74) is 5.19. The van der Waals surface area contributed by atoms with Gasteiger partial charge < -0.3 is 10.3 Å². The molecule has 122 valence electrons. The number of carbonyl (C=O) groups is 1. The van der Waals surface area contributed by atoms with Gasteiger partial charge in [-0.05, 0) is 47.9 Å². The average Bonchev–Trinajstić information content (AvgIpc) is 3.20. The molecule has 0 radical (unpaired) electrons. The van der Waals surface area contributed by atoms with Crippen molar-refractivity contribution in [2.45, 2.75) is 31.6 Å². The van der Waals surface area contributed by atoms with Gasteiger partial charge in [-0.15, -0.1) is 0 Å². The number of aromatic amines is 1. The van der Waals surface area contributed by atoms with Gasteiger partial charge in [0.25, 0.3) is 0 Å². The molecule has 1 aliphatic rings. The maximum Gasteiger partial charge on any atom is 0.220 e. The van der Waals surface area contributed by atoms with Gasteiger partial charge in [-0.1, -0.05) is 42.5 Å². The Balaban J connectivity index is 1.31. The van der Waals surface area contributed by atoms with Crippen molar-refractivity contribution in [2.75, 3.05) is 6.54 Å². The number of aromatic nitrogens is 1. The Morgan fingerprint density at radius 3 is 2.92 bits per heavy atom. The van der Waals surface area contributed by atoms with Gasteiger partial charge in [-0.3, -0.25) is 4.79 Å². The van der Waals surface area contributed by atoms with Crippen LogP contribution in [-0.2, 0) is 17.6 Å². The second-order valence-electron chi connectivity index (χ2n) is 6.60. The van der Waals surface area contributed by atoms with Gasteiger partial charge in [0.05, 0.1) is 0 Å². The molecule has 24 heavy (non-hydrogen) atoms. The van der Waals surface area contributed by atoms with E-state index < -0.39 is 0 Å². The molecule has 0 aliphatic heterocycles. The first-order valence-corrected chi connectivity index (χ1v) is 8.71. The predicted molar refractivity (Wildman–Crippen MR) is 97.1 cm³/mol. The van der Waals surface area contributed by atoms with Gasteiger partial charge >= 0.3 is 0 Å². The highest BCUT2D eigenvalue weighted by Crippen LogP contribution is 2.35. The summed E-state index contributed by atoms with van der Waals surface area (Å²) in [6.07, 6.45) is 5.70. The number of H-pyrrole nitrogens is 1. The van der Waals surface area contributed by atoms with Crippen molar-refractivity contribution in [1.29, 1.82) is 0 Å². The predicted octanol–water partition coefficient (Wildman–Crippen LogP) is 3.95. The molecule has 0 spiro atoms. The second-order valence-corrected chi connectivity index (χ2v) is 6.60. The maximum atomic E-state index is 12.3. The number of carbonyl (C=O) groups excluding carboxylic acids is 1. The molecule has 3 heteroatoms. The first kappa shape index (κ1) is 15.0. The Bertz CT molecular complexity index is 865. The topological polar surface area (TPSA) is 44.9 Å². The van der Waals surface area contributed by atoms with Crippen LogP contribution < -0.4 is 5.32 Å². The number of rotatable bonds is 5. The zero-order chi connectivity index (χ0) is 16.4. The van der Waals surface area contributed by atoms with E-state index >= 15 is 0 Å². The van der Waals surface area contributed by atoms with E-state index in [0.717, 1.165) is 24.8 Å². The molecule has 0 fully saturated rings. The number of fused-ring (bicyclic) bond motifs is 2. The third-order valence-corrected chi connectivity index (χ3v) is 5.08. The van der Waals surface area contributed by atoms with Crippen molar-refractivity contribution in [3.63, 3.8) is 0 Å². The van der Waals surface area contributed by atoms with Crippen LogP contribution in [0.25, 0.3) is 10.9 Å². The molecule has 0 unspecified atom stereocenters. The molecule has 1 aromatic heterocycles. The molecule has 0 bridgehead atoms. The first-order valence-electron chi connectivity index (χ1n) is 8.71. The van der Waals surface area contributed by atoms with Crippen molar-refractivity contribution >= 4 is 16.8 Å². The minimum absolute atomic E-state index is 0.163. The van der Waals surface area contributed by atoms with Crippen molar-refractivity contribution in [2.24, 2.45) is 0 Å². The third kappa shape index (κ3) is 2.94. The molecule has 3 nitrogen and oxygen atoms in total. The van der Waals surface area contributed by atoms with Gasteiger partial charge in [-0.2, -0.15) is 0 Å². The zero-order valence-electron chi connectivity index (χ0n) is 13.7. The van der Waals surface area contributed by atoms with E-state index in [0.29, 0.717) is 18.9 Å². The summed E-state index contributed by atoms with van der Waals surface area (Å²) in [6, 6.07) is 16.8. The number of hydrogen-bond donors (Lipinski definition) is 2. The van der Waals surface area contributed by atoms with Gasteiger partial charge in [0.1, 0.15) is 0 Å². The average molecular weight is 318 g/mol. The number of benzene rings is 2. The summed E-state index contributed by atoms with van der Waals surface area (Å²) < 4.78 is 0. The Kier molecular flexibility index (Phi) is 4.08. The van der Waals surface area contributed by atoms with Crippen LogP contribution in [0.5, 0.6) is 0 Å². The zero-order valence-corrected chi connectivity index (χ0v) is 13.7. The van der Waals surface area contributed by atoms with Gasteiger partial charge in [0.2, 0.25) is 5.91 Å². The lowest BCUT2D eigenvalue weighted by Gasteiger charge is -2.11. The van der Waals surface area contributed by atoms with Crippen molar-refractivity contribution in [1.82, 2.24) is 10.3 Å². The van der Waals surface area contributed by atoms with Crippen LogP contribution in [0.3, 0.4) is 0 Å². The lowest BCUT2D eigenvalue weighted by molar-refractivity contribution is -0.121. The summed E-state index contributed by atoms with van der Waals surface area (Å²) in [5.74, 6) is 0.547. The van der Waals surface area contributed by atoms with Crippen LogP contribution in [0.15, 0.2) is 54.7 Å². The molecule has 0 saturated heterocycles. The molecule has 2 aromatic carbocycles. The lowest BCUT2D eigenvalue weighted by Crippen LogP contribution is -2.26. The van der Waals surface area contributed by atoms with E-state index in [1.165, 1.54) is 22.1 Å². The SMILES string of the molecule is O=C(C[C@@H]1CCc2ccccc21)NCCc1c[nH]c2ccccc12. The fraction of sp³-hybridized carbons (Fsp3) is 0.286. The molecule has 2 N–H and O–H groups in total. The summed E-state index contributed by atoms with van der Waals surface area (Å²) in [6.45, 7) is 0.690. The molecular weight excluding hydrogens is 296 g/mol. The van der Waals surface area contributed by atoms with E-state index in [1.54, 1.807) is 0 Å². The molecule has 3 aromatic rings. The van der Waals surface area contributed by atoms with E-state index in [2.05, 4.69) is 52.8 Å². The Labute approximate surface area is 142 Å². The standard InChI is InChI=1S/C21H22N2O/c24-21(13-16-10-9-15-5-1-2-6-18(15)16)22-12-11-17-14-23-20-8-4-3-7-19(17)20/h1-8,14,16,23H,9-13H2,(H,22,24)/t16-/m0/s1. The lowest BCUT2D eigenvalue weighted by atomic mass is 9.97. The molecular formula is C21H22N2O. The Morgan fingerprint density at radius 2 is 1.96 bits per heavy atom. The number of para-hydroxylation sites is 1. The van der Waals surface area contributed by atoms with Crippen LogP contribution >= 0.6 is 0 Å². The number of aryl methyl sites for hydroxylation is 1. The monoisotopic (exact) mass is 318 g/mol. The largest absolute Gasteiger partial charge is 0.361 e. The third-order valence-electron chi connectivity index (χ3n) is 5.08. The van der Waals surface area contributed by atoms with Crippen LogP contribution in [0, 0.1) is 0 Å². The van der Waals surface area contributed by atoms with Crippen molar-refractivity contribution < 1.29 is 4.79 Å². The van der Waals surface area contributed by atoms with E-state index in [-0.39, 0.29) is 5.91 Å². The first-order chi connectivity index (χ1) is 11.8. The minimum Gasteiger partial charge on any atom is -0.361 e. The second kappa shape index (κ2) is 6.52. The van der Waals surface area contributed by atoms with E-state index in [9.17, 15) is 4.79 Å². The quantitative estimate of drug-likeness (QED) is 0.735. The van der Waals surface area contributed by atoms with Crippen LogP contribution in [0.4, 0.5) is 0 Å². The van der Waals surface area contributed by atoms with Gasteiger partial charge in [0.15, 0.2) is 0 Å². The van der Waals surface area contributed by atoms with E-state index in [1.807, 2.05) is 12.3 Å². The molecule has 1 atom stereocenters. The fourth-order valence-corrected chi connectivity index (χ4v) is 3.83. The number of amides is 1. The number of hydrogen-bond acceptors (Lipinski definition) is 1. The maximum absolute atomic E-state index is 12.3. The Hall–Kier alpha value is -2.55. The van der Waals surface area contributed by atoms with Gasteiger partial charge in [-0.25, -0.2) is 0 Å². The molecule has 0 saturated carbocycles. The molecule has 4 rings (SSSR count). The number of nitrogens with one attached hydrogen (secondary N) is 2. The minimum atomic E-state index is 0.163. The summed E-state index contributed by atoms with van der Waals surface area (Å²) in [5, 5.41) is 4.34. The van der Waals surface area contributed by atoms with Crippen LogP contribution in [0.2, 0.25) is 0 Å². The normalized spacial score (nSPS) is 16.2. The van der Waals surface area contributed by atoms with Crippen LogP contribution in [0.1, 0.15) is 35.4 Å². The fourth-order valence-electron chi connectivity index (χ4n) is 3.83. The molecule has 1 aliphatic carbocycles. The molecule has 1 amide bonds. The highest BCUT2D eigenvalue weighted by molar-refractivity contribution is 5.83. The molecule has 1 heterocycles. The highest BCUT2D eigenvalue weighted by atomic mass is 16.1. The summed E-state index contributed by atoms with van der Waals surface area (Å²) in [4.78, 5) is 15.6. The van der Waals surface area contributed by atoms with Crippen molar-refractivity contribution in [3.8, 4) is 0 Å². The van der Waals surface area contributed by atoms with Crippen molar-refractivity contribution in [3.05, 3.63) is 71.4 Å².